The van der Waals surface area contributed by atoms with Crippen LogP contribution in [0.1, 0.15) is 19.4 Å². The molecule has 1 unspecified atom stereocenters. The lowest BCUT2D eigenvalue weighted by molar-refractivity contribution is 0.481. The molecule has 0 aliphatic heterocycles. The monoisotopic (exact) mass is 334 g/mol. The summed E-state index contributed by atoms with van der Waals surface area (Å²) in [5, 5.41) is 0. The average Bonchev–Trinajstić information content (AvgIpc) is 2.29. The smallest absolute Gasteiger partial charge is 0.240 e. The first-order valence-electron chi connectivity index (χ1n) is 5.75. The largest absolute Gasteiger partial charge is 0.326 e. The molecule has 0 amide bonds. The van der Waals surface area contributed by atoms with E-state index in [0.717, 1.165) is 10.0 Å². The molecular weight excluding hydrogens is 316 g/mol. The topological polar surface area (TPSA) is 72.2 Å². The van der Waals surface area contributed by atoms with Crippen LogP contribution in [0, 0.1) is 12.8 Å². The summed E-state index contributed by atoms with van der Waals surface area (Å²) >= 11 is 3.34. The van der Waals surface area contributed by atoms with Crippen molar-refractivity contribution < 1.29 is 8.42 Å². The van der Waals surface area contributed by atoms with Crippen LogP contribution in [0.5, 0.6) is 0 Å². The average molecular weight is 335 g/mol. The summed E-state index contributed by atoms with van der Waals surface area (Å²) in [5.41, 5.74) is 6.70. The van der Waals surface area contributed by atoms with Crippen molar-refractivity contribution in [2.75, 3.05) is 6.54 Å². The first-order valence-corrected chi connectivity index (χ1v) is 8.03. The minimum Gasteiger partial charge on any atom is -0.326 e. The quantitative estimate of drug-likeness (QED) is 0.865. The Balaban J connectivity index is 2.83. The number of hydrogen-bond donors (Lipinski definition) is 2. The SMILES string of the molecule is Cc1cc(S(=O)(=O)NCC(N)C(C)C)ccc1Br. The standard InChI is InChI=1S/C12H19BrN2O2S/c1-8(2)12(14)7-15-18(16,17)10-4-5-11(13)9(3)6-10/h4-6,8,12,15H,7,14H2,1-3H3. The van der Waals surface area contributed by atoms with E-state index in [9.17, 15) is 8.42 Å². The lowest BCUT2D eigenvalue weighted by Gasteiger charge is -2.16. The fraction of sp³-hybridized carbons (Fsp3) is 0.500. The van der Waals surface area contributed by atoms with E-state index in [1.54, 1.807) is 18.2 Å². The van der Waals surface area contributed by atoms with Crippen molar-refractivity contribution in [1.82, 2.24) is 4.72 Å². The molecule has 3 N–H and O–H groups in total. The second kappa shape index (κ2) is 6.14. The van der Waals surface area contributed by atoms with Crippen molar-refractivity contribution in [3.05, 3.63) is 28.2 Å². The zero-order chi connectivity index (χ0) is 13.9. The van der Waals surface area contributed by atoms with Gasteiger partial charge < -0.3 is 5.73 Å². The molecule has 0 fully saturated rings. The van der Waals surface area contributed by atoms with Gasteiger partial charge in [-0.15, -0.1) is 0 Å². The van der Waals surface area contributed by atoms with E-state index < -0.39 is 10.0 Å². The molecule has 0 bridgehead atoms. The molecule has 0 spiro atoms. The third-order valence-electron chi connectivity index (χ3n) is 2.81. The van der Waals surface area contributed by atoms with Gasteiger partial charge in [0, 0.05) is 17.1 Å². The molecule has 6 heteroatoms. The Morgan fingerprint density at radius 1 is 1.39 bits per heavy atom. The van der Waals surface area contributed by atoms with E-state index in [2.05, 4.69) is 20.7 Å². The van der Waals surface area contributed by atoms with Crippen LogP contribution in [0.25, 0.3) is 0 Å². The predicted molar refractivity (Wildman–Crippen MR) is 76.9 cm³/mol. The number of hydrogen-bond acceptors (Lipinski definition) is 3. The lowest BCUT2D eigenvalue weighted by atomic mass is 10.1. The Bertz CT molecular complexity index is 515. The zero-order valence-corrected chi connectivity index (χ0v) is 13.2. The molecule has 0 saturated carbocycles. The van der Waals surface area contributed by atoms with E-state index in [1.807, 2.05) is 20.8 Å². The Morgan fingerprint density at radius 3 is 2.50 bits per heavy atom. The summed E-state index contributed by atoms with van der Waals surface area (Å²) < 4.78 is 27.5. The molecule has 18 heavy (non-hydrogen) atoms. The number of sulfonamides is 1. The number of benzene rings is 1. The number of halogens is 1. The van der Waals surface area contributed by atoms with Crippen molar-refractivity contribution in [2.24, 2.45) is 11.7 Å². The molecule has 0 aromatic heterocycles. The van der Waals surface area contributed by atoms with Gasteiger partial charge in [0.2, 0.25) is 10.0 Å². The molecule has 0 radical (unpaired) electrons. The van der Waals surface area contributed by atoms with Crippen LogP contribution < -0.4 is 10.5 Å². The van der Waals surface area contributed by atoms with Crippen molar-refractivity contribution in [2.45, 2.75) is 31.7 Å². The second-order valence-electron chi connectivity index (χ2n) is 4.67. The number of rotatable bonds is 5. The van der Waals surface area contributed by atoms with Gasteiger partial charge in [-0.25, -0.2) is 13.1 Å². The molecule has 0 heterocycles. The molecule has 0 aliphatic carbocycles. The van der Waals surface area contributed by atoms with Crippen LogP contribution >= 0.6 is 15.9 Å². The normalized spacial score (nSPS) is 13.9. The Labute approximate surface area is 117 Å². The fourth-order valence-corrected chi connectivity index (χ4v) is 2.71. The van der Waals surface area contributed by atoms with E-state index in [-0.39, 0.29) is 23.4 Å². The second-order valence-corrected chi connectivity index (χ2v) is 7.29. The molecular formula is C12H19BrN2O2S. The van der Waals surface area contributed by atoms with Crippen LogP contribution in [0.15, 0.2) is 27.6 Å². The van der Waals surface area contributed by atoms with Crippen LogP contribution in [-0.2, 0) is 10.0 Å². The van der Waals surface area contributed by atoms with Crippen LogP contribution in [-0.4, -0.2) is 21.0 Å². The van der Waals surface area contributed by atoms with Gasteiger partial charge in [-0.2, -0.15) is 0 Å². The van der Waals surface area contributed by atoms with Crippen LogP contribution in [0.2, 0.25) is 0 Å². The molecule has 1 aromatic carbocycles. The predicted octanol–water partition coefficient (Wildman–Crippen LogP) is 2.02. The summed E-state index contributed by atoms with van der Waals surface area (Å²) in [6.45, 7) is 6.02. The Hall–Kier alpha value is -0.430. The summed E-state index contributed by atoms with van der Waals surface area (Å²) in [6, 6.07) is 4.75. The third-order valence-corrected chi connectivity index (χ3v) is 5.12. The summed E-state index contributed by atoms with van der Waals surface area (Å²) in [6.07, 6.45) is 0. The summed E-state index contributed by atoms with van der Waals surface area (Å²) in [5.74, 6) is 0.236. The highest BCUT2D eigenvalue weighted by atomic mass is 79.9. The first kappa shape index (κ1) is 15.6. The summed E-state index contributed by atoms with van der Waals surface area (Å²) in [7, 11) is -3.48. The van der Waals surface area contributed by atoms with Crippen molar-refractivity contribution in [3.63, 3.8) is 0 Å². The Kier molecular flexibility index (Phi) is 5.33. The van der Waals surface area contributed by atoms with E-state index in [1.165, 1.54) is 0 Å². The maximum absolute atomic E-state index is 12.0. The highest BCUT2D eigenvalue weighted by Crippen LogP contribution is 2.19. The van der Waals surface area contributed by atoms with Crippen molar-refractivity contribution in [3.8, 4) is 0 Å². The van der Waals surface area contributed by atoms with Crippen molar-refractivity contribution in [1.29, 1.82) is 0 Å². The van der Waals surface area contributed by atoms with Gasteiger partial charge >= 0.3 is 0 Å². The van der Waals surface area contributed by atoms with Gasteiger partial charge in [0.15, 0.2) is 0 Å². The molecule has 1 rings (SSSR count). The minimum absolute atomic E-state index is 0.184. The van der Waals surface area contributed by atoms with Gasteiger partial charge in [-0.05, 0) is 36.6 Å². The number of nitrogens with one attached hydrogen (secondary N) is 1. The maximum atomic E-state index is 12.0. The van der Waals surface area contributed by atoms with Gasteiger partial charge in [0.25, 0.3) is 0 Å². The molecule has 4 nitrogen and oxygen atoms in total. The first-order chi connectivity index (χ1) is 8.24. The highest BCUT2D eigenvalue weighted by molar-refractivity contribution is 9.10. The Morgan fingerprint density at radius 2 is 2.00 bits per heavy atom. The van der Waals surface area contributed by atoms with Crippen molar-refractivity contribution >= 4 is 26.0 Å². The van der Waals surface area contributed by atoms with Gasteiger partial charge in [0.1, 0.15) is 0 Å². The van der Waals surface area contributed by atoms with E-state index in [0.29, 0.717) is 0 Å². The highest BCUT2D eigenvalue weighted by Gasteiger charge is 2.17. The summed E-state index contributed by atoms with van der Waals surface area (Å²) in [4.78, 5) is 0.263. The lowest BCUT2D eigenvalue weighted by Crippen LogP contribution is -2.40. The third kappa shape index (κ3) is 4.05. The van der Waals surface area contributed by atoms with E-state index in [4.69, 9.17) is 5.73 Å². The van der Waals surface area contributed by atoms with Crippen LogP contribution in [0.4, 0.5) is 0 Å². The molecule has 102 valence electrons. The maximum Gasteiger partial charge on any atom is 0.240 e. The molecule has 0 aliphatic rings. The minimum atomic E-state index is -3.48. The number of aryl methyl sites for hydroxylation is 1. The molecule has 1 aromatic rings. The van der Waals surface area contributed by atoms with E-state index >= 15 is 0 Å². The van der Waals surface area contributed by atoms with Crippen LogP contribution in [0.3, 0.4) is 0 Å². The number of nitrogens with two attached hydrogens (primary N) is 1. The fourth-order valence-electron chi connectivity index (χ4n) is 1.31. The molecule has 0 saturated heterocycles. The molecule has 1 atom stereocenters. The van der Waals surface area contributed by atoms with Gasteiger partial charge in [-0.3, -0.25) is 0 Å². The zero-order valence-electron chi connectivity index (χ0n) is 10.8. The van der Waals surface area contributed by atoms with Gasteiger partial charge in [-0.1, -0.05) is 29.8 Å². The van der Waals surface area contributed by atoms with Gasteiger partial charge in [0.05, 0.1) is 4.90 Å².